The topological polar surface area (TPSA) is 71.3 Å². The van der Waals surface area contributed by atoms with E-state index in [4.69, 9.17) is 9.51 Å². The predicted octanol–water partition coefficient (Wildman–Crippen LogP) is 6.62. The average Bonchev–Trinajstić information content (AvgIpc) is 3.34. The number of nitrogens with one attached hydrogen (secondary N) is 1. The summed E-state index contributed by atoms with van der Waals surface area (Å²) in [5, 5.41) is 7.44. The number of amides is 2. The highest BCUT2D eigenvalue weighted by Gasteiger charge is 2.36. The van der Waals surface area contributed by atoms with E-state index in [0.29, 0.717) is 11.7 Å². The molecule has 1 aliphatic heterocycles. The Labute approximate surface area is 205 Å². The molecule has 3 aromatic carbocycles. The first kappa shape index (κ1) is 22.6. The van der Waals surface area contributed by atoms with Crippen LogP contribution < -0.4 is 10.2 Å². The number of hydrogen-bond donors (Lipinski definition) is 1. The lowest BCUT2D eigenvalue weighted by Crippen LogP contribution is -2.46. The molecule has 6 heteroatoms. The van der Waals surface area contributed by atoms with Gasteiger partial charge >= 0.3 is 6.03 Å². The van der Waals surface area contributed by atoms with E-state index in [1.54, 1.807) is 4.90 Å². The van der Waals surface area contributed by atoms with Gasteiger partial charge in [0, 0.05) is 11.3 Å². The van der Waals surface area contributed by atoms with Crippen molar-refractivity contribution in [2.24, 2.45) is 0 Å². The van der Waals surface area contributed by atoms with Gasteiger partial charge in [0.1, 0.15) is 0 Å². The summed E-state index contributed by atoms with van der Waals surface area (Å²) in [4.78, 5) is 19.8. The van der Waals surface area contributed by atoms with Gasteiger partial charge in [-0.15, -0.1) is 0 Å². The van der Waals surface area contributed by atoms with Gasteiger partial charge in [-0.2, -0.15) is 4.98 Å². The van der Waals surface area contributed by atoms with Crippen LogP contribution in [-0.2, 0) is 6.42 Å². The minimum absolute atomic E-state index is 0.195. The predicted molar refractivity (Wildman–Crippen MR) is 138 cm³/mol. The minimum atomic E-state index is -0.416. The maximum absolute atomic E-state index is 13.4. The van der Waals surface area contributed by atoms with E-state index >= 15 is 0 Å². The van der Waals surface area contributed by atoms with E-state index in [9.17, 15) is 4.79 Å². The van der Waals surface area contributed by atoms with Crippen LogP contribution in [0.3, 0.4) is 0 Å². The fourth-order valence-corrected chi connectivity index (χ4v) is 4.45. The molecule has 5 rings (SSSR count). The van der Waals surface area contributed by atoms with E-state index in [2.05, 4.69) is 41.7 Å². The summed E-state index contributed by atoms with van der Waals surface area (Å²) < 4.78 is 5.80. The van der Waals surface area contributed by atoms with Crippen LogP contribution in [0.2, 0.25) is 0 Å². The molecule has 0 fully saturated rings. The molecule has 6 nitrogen and oxygen atoms in total. The van der Waals surface area contributed by atoms with Crippen LogP contribution >= 0.6 is 0 Å². The summed E-state index contributed by atoms with van der Waals surface area (Å²) >= 11 is 0. The van der Waals surface area contributed by atoms with Crippen LogP contribution in [0.5, 0.6) is 0 Å². The molecule has 1 atom stereocenters. The number of nitrogens with zero attached hydrogens (tertiary/aromatic N) is 3. The zero-order chi connectivity index (χ0) is 24.5. The van der Waals surface area contributed by atoms with Crippen LogP contribution in [0.15, 0.2) is 83.0 Å². The van der Waals surface area contributed by atoms with E-state index in [1.807, 2.05) is 69.3 Å². The zero-order valence-electron chi connectivity index (χ0n) is 20.4. The highest BCUT2D eigenvalue weighted by molar-refractivity contribution is 6.01. The number of aryl methyl sites for hydroxylation is 3. The Kier molecular flexibility index (Phi) is 5.95. The summed E-state index contributed by atoms with van der Waals surface area (Å²) in [5.41, 5.74) is 7.63. The Morgan fingerprint density at radius 1 is 0.943 bits per heavy atom. The summed E-state index contributed by atoms with van der Waals surface area (Å²) in [7, 11) is 0. The van der Waals surface area contributed by atoms with Crippen LogP contribution in [0.4, 0.5) is 10.5 Å². The molecule has 1 aromatic heterocycles. The number of aromatic nitrogens is 2. The Morgan fingerprint density at radius 3 is 2.37 bits per heavy atom. The first-order valence-corrected chi connectivity index (χ1v) is 11.8. The number of hydrogen-bond acceptors (Lipinski definition) is 4. The first-order chi connectivity index (χ1) is 16.9. The van der Waals surface area contributed by atoms with Crippen molar-refractivity contribution in [2.45, 2.75) is 40.2 Å². The first-order valence-electron chi connectivity index (χ1n) is 11.8. The zero-order valence-corrected chi connectivity index (χ0v) is 20.4. The molecule has 0 bridgehead atoms. The number of carbonyl (C=O) groups is 1. The fourth-order valence-electron chi connectivity index (χ4n) is 4.45. The van der Waals surface area contributed by atoms with Crippen molar-refractivity contribution >= 4 is 17.3 Å². The second kappa shape index (κ2) is 9.22. The van der Waals surface area contributed by atoms with Crippen molar-refractivity contribution in [3.8, 4) is 11.4 Å². The molecule has 1 unspecified atom stereocenters. The molecule has 0 aliphatic carbocycles. The SMILES string of the molecule is CCc1ccc(C2NC(=O)N(c3cccc(C)c3)C(C)=C2c2nc(-c3ccc(C)cc3)no2)cc1. The normalized spacial score (nSPS) is 15.9. The van der Waals surface area contributed by atoms with Gasteiger partial charge in [-0.1, -0.05) is 78.3 Å². The van der Waals surface area contributed by atoms with Crippen molar-refractivity contribution in [3.05, 3.63) is 107 Å². The lowest BCUT2D eigenvalue weighted by atomic mass is 9.93. The number of allylic oxidation sites excluding steroid dienone is 1. The molecule has 0 saturated carbocycles. The van der Waals surface area contributed by atoms with Gasteiger partial charge in [0.05, 0.1) is 17.3 Å². The van der Waals surface area contributed by atoms with E-state index < -0.39 is 6.04 Å². The van der Waals surface area contributed by atoms with Crippen LogP contribution in [0, 0.1) is 13.8 Å². The van der Waals surface area contributed by atoms with Crippen molar-refractivity contribution in [1.82, 2.24) is 15.5 Å². The molecule has 176 valence electrons. The quantitative estimate of drug-likeness (QED) is 0.360. The van der Waals surface area contributed by atoms with Gasteiger partial charge < -0.3 is 9.84 Å². The van der Waals surface area contributed by atoms with Crippen molar-refractivity contribution < 1.29 is 9.32 Å². The minimum Gasteiger partial charge on any atom is -0.334 e. The van der Waals surface area contributed by atoms with Crippen LogP contribution in [0.1, 0.15) is 48.0 Å². The molecule has 2 heterocycles. The Bertz CT molecular complexity index is 1400. The van der Waals surface area contributed by atoms with Crippen LogP contribution in [-0.4, -0.2) is 16.2 Å². The highest BCUT2D eigenvalue weighted by Crippen LogP contribution is 2.39. The third-order valence-electron chi connectivity index (χ3n) is 6.43. The molecule has 0 radical (unpaired) electrons. The second-order valence-electron chi connectivity index (χ2n) is 8.94. The van der Waals surface area contributed by atoms with Gasteiger partial charge in [-0.3, -0.25) is 4.90 Å². The number of anilines is 1. The maximum Gasteiger partial charge on any atom is 0.326 e. The summed E-state index contributed by atoms with van der Waals surface area (Å²) in [6.45, 7) is 8.10. The maximum atomic E-state index is 13.4. The number of carbonyl (C=O) groups excluding carboxylic acids is 1. The van der Waals surface area contributed by atoms with Gasteiger partial charge in [0.25, 0.3) is 5.89 Å². The van der Waals surface area contributed by atoms with Gasteiger partial charge in [0.15, 0.2) is 0 Å². The number of urea groups is 1. The standard InChI is InChI=1S/C29H28N4O2/c1-5-21-11-15-22(16-12-21)26-25(28-31-27(32-35-28)23-13-9-18(2)10-14-23)20(4)33(29(34)30-26)24-8-6-7-19(3)17-24/h6-17,26H,5H2,1-4H3,(H,30,34). The van der Waals surface area contributed by atoms with E-state index in [-0.39, 0.29) is 6.03 Å². The summed E-state index contributed by atoms with van der Waals surface area (Å²) in [6.07, 6.45) is 0.948. The monoisotopic (exact) mass is 464 g/mol. The molecule has 4 aromatic rings. The molecule has 1 N–H and O–H groups in total. The van der Waals surface area contributed by atoms with E-state index in [1.165, 1.54) is 5.56 Å². The van der Waals surface area contributed by atoms with Gasteiger partial charge in [0.2, 0.25) is 5.82 Å². The largest absolute Gasteiger partial charge is 0.334 e. The lowest BCUT2D eigenvalue weighted by molar-refractivity contribution is 0.244. The summed E-state index contributed by atoms with van der Waals surface area (Å²) in [5.74, 6) is 0.902. The van der Waals surface area contributed by atoms with Crippen molar-refractivity contribution in [2.75, 3.05) is 4.90 Å². The van der Waals surface area contributed by atoms with Gasteiger partial charge in [-0.05, 0) is 56.0 Å². The Balaban J connectivity index is 1.64. The molecule has 0 saturated heterocycles. The van der Waals surface area contributed by atoms with Crippen molar-refractivity contribution in [3.63, 3.8) is 0 Å². The molecule has 2 amide bonds. The smallest absolute Gasteiger partial charge is 0.326 e. The molecular formula is C29H28N4O2. The van der Waals surface area contributed by atoms with Gasteiger partial charge in [-0.25, -0.2) is 4.79 Å². The third kappa shape index (κ3) is 4.35. The van der Waals surface area contributed by atoms with Crippen molar-refractivity contribution in [1.29, 1.82) is 0 Å². The average molecular weight is 465 g/mol. The Hall–Kier alpha value is -4.19. The fraction of sp³-hybridized carbons (Fsp3) is 0.207. The second-order valence-corrected chi connectivity index (χ2v) is 8.94. The Morgan fingerprint density at radius 2 is 1.69 bits per heavy atom. The van der Waals surface area contributed by atoms with E-state index in [0.717, 1.165) is 45.6 Å². The number of benzene rings is 3. The molecule has 35 heavy (non-hydrogen) atoms. The summed E-state index contributed by atoms with van der Waals surface area (Å²) in [6, 6.07) is 23.5. The molecule has 1 aliphatic rings. The molecule has 0 spiro atoms. The lowest BCUT2D eigenvalue weighted by Gasteiger charge is -2.35. The third-order valence-corrected chi connectivity index (χ3v) is 6.43. The van der Waals surface area contributed by atoms with Crippen LogP contribution in [0.25, 0.3) is 17.0 Å². The highest BCUT2D eigenvalue weighted by atomic mass is 16.5. The molecular weight excluding hydrogens is 436 g/mol. The number of rotatable bonds is 5.